The minimum atomic E-state index is 0.363. The summed E-state index contributed by atoms with van der Waals surface area (Å²) in [4.78, 5) is 0. The van der Waals surface area contributed by atoms with Crippen molar-refractivity contribution in [1.82, 2.24) is 0 Å². The Balaban J connectivity index is 2.75. The van der Waals surface area contributed by atoms with Gasteiger partial charge in [0.25, 0.3) is 0 Å². The third kappa shape index (κ3) is 8.64. The van der Waals surface area contributed by atoms with E-state index in [0.717, 1.165) is 6.42 Å². The van der Waals surface area contributed by atoms with Gasteiger partial charge in [-0.05, 0) is 31.3 Å². The van der Waals surface area contributed by atoms with Gasteiger partial charge < -0.3 is 0 Å². The summed E-state index contributed by atoms with van der Waals surface area (Å²) in [7, 11) is 0. The molecule has 0 N–H and O–H groups in total. The average Bonchev–Trinajstić information content (AvgIpc) is 1.80. The second-order valence-electron chi connectivity index (χ2n) is 2.12. The predicted molar refractivity (Wildman–Crippen MR) is 47.5 cm³/mol. The maximum Gasteiger partial charge on any atom is 0.0308 e. The zero-order valence-corrected chi connectivity index (χ0v) is 7.76. The van der Waals surface area contributed by atoms with E-state index < -0.39 is 0 Å². The molecule has 0 fully saturated rings. The van der Waals surface area contributed by atoms with Crippen LogP contribution >= 0.6 is 23.4 Å². The molecule has 0 aromatic heterocycles. The largest absolute Gasteiger partial charge is 0.162 e. The van der Waals surface area contributed by atoms with Gasteiger partial charge in [-0.25, -0.2) is 0 Å². The molecule has 0 nitrogen and oxygen atoms in total. The Kier molecular flexibility index (Phi) is 7.24. The van der Waals surface area contributed by atoms with Crippen LogP contribution in [0.15, 0.2) is 0 Å². The molecular formula is C7H15ClS. The molecule has 0 spiro atoms. The predicted octanol–water partition coefficient (Wildman–Crippen LogP) is 3.15. The van der Waals surface area contributed by atoms with Gasteiger partial charge >= 0.3 is 0 Å². The van der Waals surface area contributed by atoms with Crippen molar-refractivity contribution in [2.45, 2.75) is 32.1 Å². The van der Waals surface area contributed by atoms with Crippen molar-refractivity contribution in [3.8, 4) is 0 Å². The molecule has 1 atom stereocenters. The number of alkyl halides is 1. The molecule has 0 aromatic rings. The van der Waals surface area contributed by atoms with Crippen molar-refractivity contribution >= 4 is 23.4 Å². The molecule has 0 aliphatic rings. The fraction of sp³-hybridized carbons (Fsp3) is 1.00. The molecule has 56 valence electrons. The number of rotatable bonds is 5. The van der Waals surface area contributed by atoms with Gasteiger partial charge in [0.15, 0.2) is 0 Å². The molecule has 0 saturated heterocycles. The molecule has 0 bridgehead atoms. The highest BCUT2D eigenvalue weighted by atomic mass is 35.5. The fourth-order valence-electron chi connectivity index (χ4n) is 0.611. The lowest BCUT2D eigenvalue weighted by Crippen LogP contribution is -1.91. The van der Waals surface area contributed by atoms with Crippen LogP contribution in [0.2, 0.25) is 0 Å². The summed E-state index contributed by atoms with van der Waals surface area (Å²) in [6, 6.07) is 0. The van der Waals surface area contributed by atoms with Gasteiger partial charge in [-0.3, -0.25) is 0 Å². The van der Waals surface area contributed by atoms with Gasteiger partial charge in [0.2, 0.25) is 0 Å². The number of hydrogen-bond donors (Lipinski definition) is 0. The normalized spacial score (nSPS) is 13.7. The summed E-state index contributed by atoms with van der Waals surface area (Å²) in [5.74, 6) is 2.50. The Morgan fingerprint density at radius 1 is 1.56 bits per heavy atom. The molecule has 0 heterocycles. The van der Waals surface area contributed by atoms with Gasteiger partial charge in [0, 0.05) is 5.38 Å². The van der Waals surface area contributed by atoms with Gasteiger partial charge in [-0.15, -0.1) is 11.6 Å². The number of hydrogen-bond acceptors (Lipinski definition) is 1. The van der Waals surface area contributed by atoms with Crippen LogP contribution in [0.25, 0.3) is 0 Å². The Morgan fingerprint density at radius 3 is 2.67 bits per heavy atom. The van der Waals surface area contributed by atoms with E-state index in [1.807, 2.05) is 11.8 Å². The van der Waals surface area contributed by atoms with Gasteiger partial charge in [-0.1, -0.05) is 6.92 Å². The SMILES string of the molecule is CCSCCCC(C)Cl. The number of halogens is 1. The molecule has 1 unspecified atom stereocenters. The van der Waals surface area contributed by atoms with E-state index in [9.17, 15) is 0 Å². The van der Waals surface area contributed by atoms with E-state index in [1.54, 1.807) is 0 Å². The average molecular weight is 167 g/mol. The maximum absolute atomic E-state index is 5.75. The lowest BCUT2D eigenvalue weighted by molar-refractivity contribution is 0.786. The van der Waals surface area contributed by atoms with Gasteiger partial charge in [0.05, 0.1) is 0 Å². The quantitative estimate of drug-likeness (QED) is 0.447. The van der Waals surface area contributed by atoms with Crippen LogP contribution in [0.4, 0.5) is 0 Å². The van der Waals surface area contributed by atoms with Crippen molar-refractivity contribution < 1.29 is 0 Å². The lowest BCUT2D eigenvalue weighted by Gasteiger charge is -2.00. The lowest BCUT2D eigenvalue weighted by atomic mass is 10.3. The topological polar surface area (TPSA) is 0 Å². The highest BCUT2D eigenvalue weighted by Gasteiger charge is 1.94. The summed E-state index contributed by atoms with van der Waals surface area (Å²) in [6.45, 7) is 4.24. The van der Waals surface area contributed by atoms with Gasteiger partial charge in [0.1, 0.15) is 0 Å². The zero-order valence-electron chi connectivity index (χ0n) is 6.19. The van der Waals surface area contributed by atoms with E-state index in [2.05, 4.69) is 13.8 Å². The second-order valence-corrected chi connectivity index (χ2v) is 4.26. The van der Waals surface area contributed by atoms with Crippen molar-refractivity contribution in [3.05, 3.63) is 0 Å². The molecule has 0 aromatic carbocycles. The van der Waals surface area contributed by atoms with E-state index in [0.29, 0.717) is 5.38 Å². The first-order valence-corrected chi connectivity index (χ1v) is 5.08. The molecule has 0 saturated carbocycles. The molecule has 0 radical (unpaired) electrons. The molecular weight excluding hydrogens is 152 g/mol. The molecule has 2 heteroatoms. The first kappa shape index (κ1) is 9.64. The maximum atomic E-state index is 5.75. The van der Waals surface area contributed by atoms with E-state index in [4.69, 9.17) is 11.6 Å². The molecule has 0 amide bonds. The van der Waals surface area contributed by atoms with E-state index >= 15 is 0 Å². The molecule has 9 heavy (non-hydrogen) atoms. The van der Waals surface area contributed by atoms with Crippen LogP contribution in [0.3, 0.4) is 0 Å². The summed E-state index contributed by atoms with van der Waals surface area (Å²) in [5, 5.41) is 0.363. The first-order chi connectivity index (χ1) is 4.27. The standard InChI is InChI=1S/C7H15ClS/c1-3-9-6-4-5-7(2)8/h7H,3-6H2,1-2H3. The molecule has 0 aliphatic heterocycles. The monoisotopic (exact) mass is 166 g/mol. The highest BCUT2D eigenvalue weighted by molar-refractivity contribution is 7.99. The highest BCUT2D eigenvalue weighted by Crippen LogP contribution is 2.08. The summed E-state index contributed by atoms with van der Waals surface area (Å²) in [5.41, 5.74) is 0. The Hall–Kier alpha value is 0.640. The Labute approximate surface area is 67.4 Å². The van der Waals surface area contributed by atoms with Crippen LogP contribution in [0, 0.1) is 0 Å². The minimum absolute atomic E-state index is 0.363. The number of thioether (sulfide) groups is 1. The Bertz CT molecular complexity index is 54.9. The zero-order chi connectivity index (χ0) is 7.11. The summed E-state index contributed by atoms with van der Waals surface area (Å²) in [6.07, 6.45) is 2.43. The van der Waals surface area contributed by atoms with Crippen LogP contribution in [0.5, 0.6) is 0 Å². The van der Waals surface area contributed by atoms with Crippen molar-refractivity contribution in [1.29, 1.82) is 0 Å². The van der Waals surface area contributed by atoms with Crippen LogP contribution in [-0.4, -0.2) is 16.9 Å². The van der Waals surface area contributed by atoms with Crippen LogP contribution in [0.1, 0.15) is 26.7 Å². The minimum Gasteiger partial charge on any atom is -0.162 e. The van der Waals surface area contributed by atoms with Crippen molar-refractivity contribution in [3.63, 3.8) is 0 Å². The first-order valence-electron chi connectivity index (χ1n) is 3.49. The smallest absolute Gasteiger partial charge is 0.0308 e. The van der Waals surface area contributed by atoms with E-state index in [-0.39, 0.29) is 0 Å². The second kappa shape index (κ2) is 6.76. The van der Waals surface area contributed by atoms with Crippen molar-refractivity contribution in [2.24, 2.45) is 0 Å². The third-order valence-corrected chi connectivity index (χ3v) is 2.30. The van der Waals surface area contributed by atoms with E-state index in [1.165, 1.54) is 17.9 Å². The summed E-state index contributed by atoms with van der Waals surface area (Å²) < 4.78 is 0. The molecule has 0 aliphatic carbocycles. The molecule has 0 rings (SSSR count). The Morgan fingerprint density at radius 2 is 2.22 bits per heavy atom. The van der Waals surface area contributed by atoms with Crippen molar-refractivity contribution in [2.75, 3.05) is 11.5 Å². The summed E-state index contributed by atoms with van der Waals surface area (Å²) >= 11 is 7.74. The fourth-order valence-corrected chi connectivity index (χ4v) is 1.42. The third-order valence-electron chi connectivity index (χ3n) is 1.09. The van der Waals surface area contributed by atoms with Crippen LogP contribution < -0.4 is 0 Å². The van der Waals surface area contributed by atoms with Gasteiger partial charge in [-0.2, -0.15) is 11.8 Å². The van der Waals surface area contributed by atoms with Crippen LogP contribution in [-0.2, 0) is 0 Å².